The minimum atomic E-state index is -0.465. The molecule has 1 amide bonds. The number of nitrogens with one attached hydrogen (secondary N) is 1. The first-order chi connectivity index (χ1) is 9.99. The lowest BCUT2D eigenvalue weighted by molar-refractivity contribution is -0.121. The van der Waals surface area contributed by atoms with Crippen LogP contribution >= 0.6 is 0 Å². The molecule has 0 aromatic heterocycles. The number of ether oxygens (including phenoxy) is 1. The summed E-state index contributed by atoms with van der Waals surface area (Å²) in [5.74, 6) is -0.477. The number of amides is 1. The van der Waals surface area contributed by atoms with E-state index in [1.807, 2.05) is 17.9 Å². The molecule has 1 heterocycles. The molecule has 0 spiro atoms. The number of hydrogen-bond donors (Lipinski definition) is 2. The molecule has 114 valence electrons. The van der Waals surface area contributed by atoms with Crippen molar-refractivity contribution in [1.29, 1.82) is 0 Å². The normalized spacial score (nSPS) is 17.7. The van der Waals surface area contributed by atoms with Crippen molar-refractivity contribution in [3.8, 4) is 0 Å². The number of aryl methyl sites for hydroxylation is 1. The van der Waals surface area contributed by atoms with Crippen molar-refractivity contribution in [2.24, 2.45) is 0 Å². The molecule has 1 saturated heterocycles. The standard InChI is InChI=1S/C15H21N3O3/c1-9-7-10(8-11(13(9)16)15(20)21-3)18-6-4-5-12(18)14(19)17-2/h7-8,12H,4-6,16H2,1-3H3,(H,17,19). The maximum atomic E-state index is 12.0. The summed E-state index contributed by atoms with van der Waals surface area (Å²) >= 11 is 0. The van der Waals surface area contributed by atoms with E-state index in [9.17, 15) is 9.59 Å². The fraction of sp³-hybridized carbons (Fsp3) is 0.467. The van der Waals surface area contributed by atoms with E-state index in [1.165, 1.54) is 7.11 Å². The van der Waals surface area contributed by atoms with Gasteiger partial charge in [0.15, 0.2) is 0 Å². The molecule has 0 saturated carbocycles. The van der Waals surface area contributed by atoms with Gasteiger partial charge in [0.1, 0.15) is 6.04 Å². The average Bonchev–Trinajstić information content (AvgIpc) is 2.97. The van der Waals surface area contributed by atoms with Crippen LogP contribution in [0.1, 0.15) is 28.8 Å². The number of nitrogen functional groups attached to an aromatic ring is 1. The Kier molecular flexibility index (Phi) is 4.35. The third-order valence-electron chi connectivity index (χ3n) is 3.91. The lowest BCUT2D eigenvalue weighted by atomic mass is 10.1. The van der Waals surface area contributed by atoms with Gasteiger partial charge in [-0.25, -0.2) is 4.79 Å². The lowest BCUT2D eigenvalue weighted by Crippen LogP contribution is -2.42. The van der Waals surface area contributed by atoms with Gasteiger partial charge in [0.25, 0.3) is 0 Å². The highest BCUT2D eigenvalue weighted by atomic mass is 16.5. The Labute approximate surface area is 124 Å². The van der Waals surface area contributed by atoms with Crippen molar-refractivity contribution in [3.05, 3.63) is 23.3 Å². The van der Waals surface area contributed by atoms with E-state index < -0.39 is 5.97 Å². The second kappa shape index (κ2) is 6.03. The maximum absolute atomic E-state index is 12.0. The molecule has 0 radical (unpaired) electrons. The topological polar surface area (TPSA) is 84.7 Å². The van der Waals surface area contributed by atoms with Crippen molar-refractivity contribution in [1.82, 2.24) is 5.32 Å². The number of benzene rings is 1. The molecule has 1 aliphatic heterocycles. The van der Waals surface area contributed by atoms with Crippen molar-refractivity contribution >= 4 is 23.3 Å². The minimum Gasteiger partial charge on any atom is -0.465 e. The quantitative estimate of drug-likeness (QED) is 0.643. The highest BCUT2D eigenvalue weighted by molar-refractivity contribution is 5.97. The number of nitrogens with two attached hydrogens (primary N) is 1. The van der Waals surface area contributed by atoms with Gasteiger partial charge in [-0.3, -0.25) is 4.79 Å². The molecule has 0 bridgehead atoms. The van der Waals surface area contributed by atoms with Gasteiger partial charge in [-0.1, -0.05) is 0 Å². The van der Waals surface area contributed by atoms with Crippen LogP contribution in [0.2, 0.25) is 0 Å². The number of carbonyl (C=O) groups excluding carboxylic acids is 2. The van der Waals surface area contributed by atoms with Crippen LogP contribution < -0.4 is 16.0 Å². The van der Waals surface area contributed by atoms with Crippen LogP contribution in [0.4, 0.5) is 11.4 Å². The highest BCUT2D eigenvalue weighted by Gasteiger charge is 2.31. The SMILES string of the molecule is CNC(=O)C1CCCN1c1cc(C)c(N)c(C(=O)OC)c1. The molecule has 3 N–H and O–H groups in total. The van der Waals surface area contributed by atoms with Gasteiger partial charge in [0.2, 0.25) is 5.91 Å². The number of methoxy groups -OCH3 is 1. The Hall–Kier alpha value is -2.24. The van der Waals surface area contributed by atoms with Crippen molar-refractivity contribution in [2.45, 2.75) is 25.8 Å². The Morgan fingerprint density at radius 1 is 1.43 bits per heavy atom. The molecule has 1 aromatic carbocycles. The molecular weight excluding hydrogens is 270 g/mol. The Balaban J connectivity index is 2.42. The van der Waals surface area contributed by atoms with Crippen LogP contribution in [0.25, 0.3) is 0 Å². The van der Waals surface area contributed by atoms with Crippen LogP contribution in [0.3, 0.4) is 0 Å². The molecule has 21 heavy (non-hydrogen) atoms. The largest absolute Gasteiger partial charge is 0.465 e. The Bertz CT molecular complexity index is 572. The molecule has 6 heteroatoms. The summed E-state index contributed by atoms with van der Waals surface area (Å²) in [5, 5.41) is 2.68. The van der Waals surface area contributed by atoms with E-state index in [2.05, 4.69) is 5.32 Å². The zero-order chi connectivity index (χ0) is 15.6. The van der Waals surface area contributed by atoms with Crippen LogP contribution in [-0.2, 0) is 9.53 Å². The predicted octanol–water partition coefficient (Wildman–Crippen LogP) is 1.08. The Morgan fingerprint density at radius 2 is 2.14 bits per heavy atom. The van der Waals surface area contributed by atoms with Gasteiger partial charge in [-0.2, -0.15) is 0 Å². The number of esters is 1. The predicted molar refractivity (Wildman–Crippen MR) is 81.4 cm³/mol. The summed E-state index contributed by atoms with van der Waals surface area (Å²) in [6.45, 7) is 2.62. The third-order valence-corrected chi connectivity index (χ3v) is 3.91. The fourth-order valence-corrected chi connectivity index (χ4v) is 2.74. The molecule has 1 fully saturated rings. The second-order valence-corrected chi connectivity index (χ2v) is 5.18. The average molecular weight is 291 g/mol. The van der Waals surface area contributed by atoms with E-state index in [1.54, 1.807) is 13.1 Å². The molecule has 6 nitrogen and oxygen atoms in total. The van der Waals surface area contributed by atoms with Crippen LogP contribution in [-0.4, -0.2) is 38.6 Å². The zero-order valence-electron chi connectivity index (χ0n) is 12.6. The smallest absolute Gasteiger partial charge is 0.340 e. The monoisotopic (exact) mass is 291 g/mol. The van der Waals surface area contributed by atoms with Gasteiger partial charge in [0, 0.05) is 25.0 Å². The van der Waals surface area contributed by atoms with E-state index in [0.29, 0.717) is 11.3 Å². The molecular formula is C15H21N3O3. The van der Waals surface area contributed by atoms with E-state index in [4.69, 9.17) is 10.5 Å². The molecule has 1 atom stereocenters. The van der Waals surface area contributed by atoms with Crippen molar-refractivity contribution in [2.75, 3.05) is 31.3 Å². The number of hydrogen-bond acceptors (Lipinski definition) is 5. The number of rotatable bonds is 3. The Morgan fingerprint density at radius 3 is 2.76 bits per heavy atom. The molecule has 2 rings (SSSR count). The van der Waals surface area contributed by atoms with Crippen LogP contribution in [0.15, 0.2) is 12.1 Å². The van der Waals surface area contributed by atoms with Gasteiger partial charge >= 0.3 is 5.97 Å². The highest BCUT2D eigenvalue weighted by Crippen LogP contribution is 2.31. The van der Waals surface area contributed by atoms with Crippen LogP contribution in [0, 0.1) is 6.92 Å². The van der Waals surface area contributed by atoms with E-state index >= 15 is 0 Å². The van der Waals surface area contributed by atoms with E-state index in [-0.39, 0.29) is 11.9 Å². The molecule has 1 aliphatic rings. The summed E-state index contributed by atoms with van der Waals surface area (Å²) in [6.07, 6.45) is 1.74. The number of likely N-dealkylation sites (N-methyl/N-ethyl adjacent to an activating group) is 1. The lowest BCUT2D eigenvalue weighted by Gasteiger charge is -2.26. The first kappa shape index (κ1) is 15.2. The number of carbonyl (C=O) groups is 2. The summed E-state index contributed by atoms with van der Waals surface area (Å²) in [5.41, 5.74) is 8.34. The summed E-state index contributed by atoms with van der Waals surface area (Å²) in [7, 11) is 2.96. The number of nitrogens with zero attached hydrogens (tertiary/aromatic N) is 1. The molecule has 1 unspecified atom stereocenters. The minimum absolute atomic E-state index is 0.0124. The number of anilines is 2. The summed E-state index contributed by atoms with van der Waals surface area (Å²) in [4.78, 5) is 25.8. The third kappa shape index (κ3) is 2.79. The van der Waals surface area contributed by atoms with Gasteiger partial charge < -0.3 is 20.7 Å². The zero-order valence-corrected chi connectivity index (χ0v) is 12.6. The van der Waals surface area contributed by atoms with Gasteiger partial charge in [-0.05, 0) is 37.5 Å². The van der Waals surface area contributed by atoms with Crippen molar-refractivity contribution in [3.63, 3.8) is 0 Å². The summed E-state index contributed by atoms with van der Waals surface area (Å²) in [6, 6.07) is 3.40. The first-order valence-corrected chi connectivity index (χ1v) is 6.96. The van der Waals surface area contributed by atoms with Crippen LogP contribution in [0.5, 0.6) is 0 Å². The fourth-order valence-electron chi connectivity index (χ4n) is 2.74. The maximum Gasteiger partial charge on any atom is 0.340 e. The van der Waals surface area contributed by atoms with Gasteiger partial charge in [-0.15, -0.1) is 0 Å². The van der Waals surface area contributed by atoms with Gasteiger partial charge in [0.05, 0.1) is 12.7 Å². The molecule has 1 aromatic rings. The first-order valence-electron chi connectivity index (χ1n) is 6.96. The molecule has 0 aliphatic carbocycles. The summed E-state index contributed by atoms with van der Waals surface area (Å²) < 4.78 is 4.77. The van der Waals surface area contributed by atoms with E-state index in [0.717, 1.165) is 30.6 Å². The second-order valence-electron chi connectivity index (χ2n) is 5.18. The van der Waals surface area contributed by atoms with Crippen molar-refractivity contribution < 1.29 is 14.3 Å².